The van der Waals surface area contributed by atoms with E-state index in [1.807, 2.05) is 0 Å². The lowest BCUT2D eigenvalue weighted by molar-refractivity contribution is 0.481. The Morgan fingerprint density at radius 1 is 1.06 bits per heavy atom. The van der Waals surface area contributed by atoms with Gasteiger partial charge in [0.15, 0.2) is 0 Å². The molecule has 0 atom stereocenters. The quantitative estimate of drug-likeness (QED) is 0.925. The minimum Gasteiger partial charge on any atom is -0.457 e. The van der Waals surface area contributed by atoms with E-state index in [0.29, 0.717) is 28.1 Å². The van der Waals surface area contributed by atoms with E-state index < -0.39 is 0 Å². The fourth-order valence-corrected chi connectivity index (χ4v) is 1.86. The van der Waals surface area contributed by atoms with Crippen LogP contribution in [0, 0.1) is 0 Å². The van der Waals surface area contributed by atoms with Crippen molar-refractivity contribution in [1.29, 1.82) is 0 Å². The summed E-state index contributed by atoms with van der Waals surface area (Å²) in [5, 5.41) is 1.06. The third kappa shape index (κ3) is 3.33. The largest absolute Gasteiger partial charge is 0.457 e. The van der Waals surface area contributed by atoms with Crippen molar-refractivity contribution >= 4 is 23.2 Å². The van der Waals surface area contributed by atoms with Crippen LogP contribution in [-0.4, -0.2) is 4.98 Å². The van der Waals surface area contributed by atoms with Gasteiger partial charge in [0.25, 0.3) is 0 Å². The van der Waals surface area contributed by atoms with E-state index >= 15 is 0 Å². The molecule has 0 bridgehead atoms. The number of ether oxygens (including phenoxy) is 1. The van der Waals surface area contributed by atoms with Gasteiger partial charge >= 0.3 is 0 Å². The van der Waals surface area contributed by atoms with Crippen molar-refractivity contribution in [2.45, 2.75) is 6.54 Å². The van der Waals surface area contributed by atoms with Crippen molar-refractivity contribution in [1.82, 2.24) is 4.98 Å². The van der Waals surface area contributed by atoms with E-state index in [4.69, 9.17) is 33.7 Å². The Morgan fingerprint density at radius 3 is 2.41 bits per heavy atom. The van der Waals surface area contributed by atoms with Gasteiger partial charge in [0.2, 0.25) is 0 Å². The van der Waals surface area contributed by atoms with Crippen LogP contribution in [0.2, 0.25) is 10.0 Å². The third-order valence-corrected chi connectivity index (χ3v) is 2.51. The fourth-order valence-electron chi connectivity index (χ4n) is 1.35. The lowest BCUT2D eigenvalue weighted by atomic mass is 10.3. The van der Waals surface area contributed by atoms with E-state index in [9.17, 15) is 0 Å². The molecule has 0 fully saturated rings. The van der Waals surface area contributed by atoms with E-state index in [2.05, 4.69) is 4.98 Å². The van der Waals surface area contributed by atoms with E-state index in [1.54, 1.807) is 36.5 Å². The van der Waals surface area contributed by atoms with Crippen molar-refractivity contribution in [3.63, 3.8) is 0 Å². The summed E-state index contributed by atoms with van der Waals surface area (Å²) < 4.78 is 5.62. The average molecular weight is 269 g/mol. The van der Waals surface area contributed by atoms with Crippen molar-refractivity contribution in [3.8, 4) is 11.5 Å². The van der Waals surface area contributed by atoms with Gasteiger partial charge in [0.1, 0.15) is 11.5 Å². The molecule has 17 heavy (non-hydrogen) atoms. The Morgan fingerprint density at radius 2 is 1.76 bits per heavy atom. The predicted molar refractivity (Wildman–Crippen MR) is 68.7 cm³/mol. The molecule has 0 spiro atoms. The minimum absolute atomic E-state index is 0.369. The zero-order chi connectivity index (χ0) is 12.3. The van der Waals surface area contributed by atoms with E-state index in [0.717, 1.165) is 5.69 Å². The molecule has 2 rings (SSSR count). The van der Waals surface area contributed by atoms with Crippen LogP contribution in [-0.2, 0) is 6.54 Å². The number of hydrogen-bond donors (Lipinski definition) is 1. The maximum absolute atomic E-state index is 5.88. The van der Waals surface area contributed by atoms with Crippen LogP contribution in [0.5, 0.6) is 11.5 Å². The average Bonchev–Trinajstić information content (AvgIpc) is 2.28. The van der Waals surface area contributed by atoms with Crippen LogP contribution in [0.4, 0.5) is 0 Å². The van der Waals surface area contributed by atoms with Gasteiger partial charge in [-0.25, -0.2) is 0 Å². The van der Waals surface area contributed by atoms with Crippen molar-refractivity contribution < 1.29 is 4.74 Å². The molecule has 0 aliphatic carbocycles. The Hall–Kier alpha value is -1.29. The summed E-state index contributed by atoms with van der Waals surface area (Å²) in [4.78, 5) is 4.08. The van der Waals surface area contributed by atoms with Crippen molar-refractivity contribution in [2.24, 2.45) is 5.73 Å². The molecule has 3 nitrogen and oxygen atoms in total. The molecular formula is C12H10Cl2N2O. The number of pyridine rings is 1. The van der Waals surface area contributed by atoms with Gasteiger partial charge < -0.3 is 10.5 Å². The summed E-state index contributed by atoms with van der Waals surface area (Å²) in [6.45, 7) is 0.369. The second-order valence-electron chi connectivity index (χ2n) is 3.39. The molecular weight excluding hydrogens is 259 g/mol. The van der Waals surface area contributed by atoms with Crippen LogP contribution in [0.3, 0.4) is 0 Å². The zero-order valence-corrected chi connectivity index (χ0v) is 10.4. The van der Waals surface area contributed by atoms with Gasteiger partial charge in [-0.05, 0) is 24.3 Å². The topological polar surface area (TPSA) is 48.1 Å². The molecule has 1 heterocycles. The Labute approximate surface area is 109 Å². The second-order valence-corrected chi connectivity index (χ2v) is 4.27. The SMILES string of the molecule is NCc1cc(Oc2cc(Cl)cc(Cl)c2)ccn1. The molecule has 0 radical (unpaired) electrons. The van der Waals surface area contributed by atoms with E-state index in [1.165, 1.54) is 0 Å². The summed E-state index contributed by atoms with van der Waals surface area (Å²) >= 11 is 11.8. The molecule has 0 amide bonds. The first-order chi connectivity index (χ1) is 8.17. The summed E-state index contributed by atoms with van der Waals surface area (Å²) in [7, 11) is 0. The predicted octanol–water partition coefficient (Wildman–Crippen LogP) is 3.64. The smallest absolute Gasteiger partial charge is 0.130 e. The first kappa shape index (κ1) is 12.2. The third-order valence-electron chi connectivity index (χ3n) is 2.07. The molecule has 0 saturated heterocycles. The highest BCUT2D eigenvalue weighted by molar-refractivity contribution is 6.34. The maximum Gasteiger partial charge on any atom is 0.130 e. The number of nitrogens with two attached hydrogens (primary N) is 1. The lowest BCUT2D eigenvalue weighted by Crippen LogP contribution is -1.99. The Balaban J connectivity index is 2.24. The number of hydrogen-bond acceptors (Lipinski definition) is 3. The molecule has 0 aliphatic heterocycles. The number of halogens is 2. The number of nitrogens with zero attached hydrogens (tertiary/aromatic N) is 1. The first-order valence-corrected chi connectivity index (χ1v) is 5.72. The van der Waals surface area contributed by atoms with Crippen LogP contribution >= 0.6 is 23.2 Å². The monoisotopic (exact) mass is 268 g/mol. The van der Waals surface area contributed by atoms with Gasteiger partial charge in [0, 0.05) is 28.9 Å². The minimum atomic E-state index is 0.369. The van der Waals surface area contributed by atoms with Gasteiger partial charge in [-0.15, -0.1) is 0 Å². The van der Waals surface area contributed by atoms with Gasteiger partial charge in [-0.1, -0.05) is 23.2 Å². The summed E-state index contributed by atoms with van der Waals surface area (Å²) in [5.74, 6) is 1.23. The molecule has 0 unspecified atom stereocenters. The zero-order valence-electron chi connectivity index (χ0n) is 8.86. The lowest BCUT2D eigenvalue weighted by Gasteiger charge is -2.07. The molecule has 0 saturated carbocycles. The highest BCUT2D eigenvalue weighted by atomic mass is 35.5. The maximum atomic E-state index is 5.88. The molecule has 1 aromatic carbocycles. The Bertz CT molecular complexity index is 511. The highest BCUT2D eigenvalue weighted by Crippen LogP contribution is 2.28. The van der Waals surface area contributed by atoms with Crippen LogP contribution in [0.25, 0.3) is 0 Å². The molecule has 88 valence electrons. The molecule has 2 aromatic rings. The normalized spacial score (nSPS) is 10.3. The molecule has 0 aliphatic rings. The summed E-state index contributed by atoms with van der Waals surface area (Å²) in [6, 6.07) is 8.54. The highest BCUT2D eigenvalue weighted by Gasteiger charge is 2.02. The summed E-state index contributed by atoms with van der Waals surface area (Å²) in [6.07, 6.45) is 1.64. The van der Waals surface area contributed by atoms with Gasteiger partial charge in [0.05, 0.1) is 5.69 Å². The molecule has 1 aromatic heterocycles. The Kier molecular flexibility index (Phi) is 3.84. The van der Waals surface area contributed by atoms with Gasteiger partial charge in [-0.3, -0.25) is 4.98 Å². The fraction of sp³-hybridized carbons (Fsp3) is 0.0833. The standard InChI is InChI=1S/C12H10Cl2N2O/c13-8-3-9(14)5-12(4-8)17-11-1-2-16-10(6-11)7-15/h1-6H,7,15H2. The van der Waals surface area contributed by atoms with Crippen molar-refractivity contribution in [3.05, 3.63) is 52.3 Å². The number of benzene rings is 1. The van der Waals surface area contributed by atoms with Crippen LogP contribution < -0.4 is 10.5 Å². The van der Waals surface area contributed by atoms with Gasteiger partial charge in [-0.2, -0.15) is 0 Å². The summed E-state index contributed by atoms with van der Waals surface area (Å²) in [5.41, 5.74) is 6.26. The molecule has 5 heteroatoms. The first-order valence-electron chi connectivity index (χ1n) is 4.96. The van der Waals surface area contributed by atoms with E-state index in [-0.39, 0.29) is 0 Å². The molecule has 2 N–H and O–H groups in total. The number of aromatic nitrogens is 1. The van der Waals surface area contributed by atoms with Crippen molar-refractivity contribution in [2.75, 3.05) is 0 Å². The van der Waals surface area contributed by atoms with Crippen LogP contribution in [0.15, 0.2) is 36.5 Å². The number of rotatable bonds is 3. The second kappa shape index (κ2) is 5.36. The van der Waals surface area contributed by atoms with Crippen LogP contribution in [0.1, 0.15) is 5.69 Å².